The number of hydrogen-bond donors (Lipinski definition) is 0. The maximum atomic E-state index is 5.35. The zero-order chi connectivity index (χ0) is 37.3. The van der Waals surface area contributed by atoms with E-state index >= 15 is 0 Å². The van der Waals surface area contributed by atoms with Crippen LogP contribution in [0.5, 0.6) is 0 Å². The van der Waals surface area contributed by atoms with E-state index in [-0.39, 0.29) is 0 Å². The number of aromatic nitrogens is 4. The molecule has 4 nitrogen and oxygen atoms in total. The molecule has 0 N–H and O–H groups in total. The van der Waals surface area contributed by atoms with Crippen molar-refractivity contribution in [3.8, 4) is 78.8 Å². The summed E-state index contributed by atoms with van der Waals surface area (Å²) in [5.41, 5.74) is 12.3. The number of hydrogen-bond acceptors (Lipinski definition) is 4. The summed E-state index contributed by atoms with van der Waals surface area (Å²) in [6.45, 7) is 0. The maximum Gasteiger partial charge on any atom is 0.164 e. The first kappa shape index (κ1) is 33.0. The monoisotopic (exact) mass is 714 g/mol. The first-order valence-electron chi connectivity index (χ1n) is 18.8. The Kier molecular flexibility index (Phi) is 8.47. The van der Waals surface area contributed by atoms with Crippen molar-refractivity contribution in [2.24, 2.45) is 0 Å². The highest BCUT2D eigenvalue weighted by atomic mass is 15.0. The fourth-order valence-corrected chi connectivity index (χ4v) is 7.58. The molecule has 56 heavy (non-hydrogen) atoms. The van der Waals surface area contributed by atoms with Crippen molar-refractivity contribution in [2.45, 2.75) is 0 Å². The average molecular weight is 715 g/mol. The van der Waals surface area contributed by atoms with Crippen LogP contribution in [0.2, 0.25) is 0 Å². The standard InChI is InChI=1S/C52H34N4/c1-5-17-35(18-6-1)39-25-15-27-41(31-39)50-54-51(42-28-16-26-40(32-42)36-19-7-2-8-20-36)56-52(55-50)46-34-48-49(44-30-14-13-29-43(44)46)45(37-21-9-3-10-22-37)33-47(53-48)38-23-11-4-12-24-38/h1-34H. The van der Waals surface area contributed by atoms with Crippen LogP contribution in [-0.4, -0.2) is 19.9 Å². The maximum absolute atomic E-state index is 5.35. The Bertz CT molecular complexity index is 2900. The van der Waals surface area contributed by atoms with Gasteiger partial charge in [0, 0.05) is 27.6 Å². The van der Waals surface area contributed by atoms with Crippen molar-refractivity contribution in [2.75, 3.05) is 0 Å². The molecule has 0 amide bonds. The summed E-state index contributed by atoms with van der Waals surface area (Å²) < 4.78 is 0. The normalized spacial score (nSPS) is 11.2. The first-order valence-corrected chi connectivity index (χ1v) is 18.8. The van der Waals surface area contributed by atoms with Crippen molar-refractivity contribution in [1.82, 2.24) is 19.9 Å². The largest absolute Gasteiger partial charge is 0.248 e. The second-order valence-corrected chi connectivity index (χ2v) is 13.9. The number of nitrogens with zero attached hydrogens (tertiary/aromatic N) is 4. The molecular formula is C52H34N4. The predicted molar refractivity (Wildman–Crippen MR) is 231 cm³/mol. The van der Waals surface area contributed by atoms with Gasteiger partial charge in [0.05, 0.1) is 11.2 Å². The Balaban J connectivity index is 1.24. The van der Waals surface area contributed by atoms with Crippen molar-refractivity contribution >= 4 is 21.7 Å². The lowest BCUT2D eigenvalue weighted by Gasteiger charge is -2.16. The van der Waals surface area contributed by atoms with Gasteiger partial charge in [0.25, 0.3) is 0 Å². The summed E-state index contributed by atoms with van der Waals surface area (Å²) in [7, 11) is 0. The lowest BCUT2D eigenvalue weighted by molar-refractivity contribution is 1.08. The molecule has 0 aliphatic heterocycles. The summed E-state index contributed by atoms with van der Waals surface area (Å²) in [5.74, 6) is 1.80. The van der Waals surface area contributed by atoms with E-state index in [4.69, 9.17) is 19.9 Å². The van der Waals surface area contributed by atoms with E-state index in [0.717, 1.165) is 83.0 Å². The molecule has 0 saturated carbocycles. The highest BCUT2D eigenvalue weighted by Gasteiger charge is 2.20. The first-order chi connectivity index (χ1) is 27.7. The van der Waals surface area contributed by atoms with Gasteiger partial charge < -0.3 is 0 Å². The van der Waals surface area contributed by atoms with Crippen LogP contribution < -0.4 is 0 Å². The van der Waals surface area contributed by atoms with Gasteiger partial charge in [0.2, 0.25) is 0 Å². The molecule has 0 aliphatic rings. The molecule has 0 fully saturated rings. The molecule has 0 atom stereocenters. The van der Waals surface area contributed by atoms with Crippen molar-refractivity contribution in [3.05, 3.63) is 206 Å². The van der Waals surface area contributed by atoms with Crippen LogP contribution in [0.3, 0.4) is 0 Å². The van der Waals surface area contributed by atoms with Crippen LogP contribution in [-0.2, 0) is 0 Å². The Morgan fingerprint density at radius 1 is 0.250 bits per heavy atom. The summed E-state index contributed by atoms with van der Waals surface area (Å²) in [5, 5.41) is 3.23. The van der Waals surface area contributed by atoms with E-state index in [0.29, 0.717) is 17.5 Å². The Morgan fingerprint density at radius 2 is 0.679 bits per heavy atom. The molecule has 8 aromatic carbocycles. The fraction of sp³-hybridized carbons (Fsp3) is 0. The van der Waals surface area contributed by atoms with Crippen molar-refractivity contribution in [1.29, 1.82) is 0 Å². The molecule has 0 unspecified atom stereocenters. The number of pyridine rings is 1. The van der Waals surface area contributed by atoms with E-state index in [9.17, 15) is 0 Å². The van der Waals surface area contributed by atoms with Crippen LogP contribution in [0, 0.1) is 0 Å². The Morgan fingerprint density at radius 3 is 1.23 bits per heavy atom. The van der Waals surface area contributed by atoms with E-state index in [1.54, 1.807) is 0 Å². The Hall–Kier alpha value is -7.56. The topological polar surface area (TPSA) is 51.6 Å². The highest BCUT2D eigenvalue weighted by Crippen LogP contribution is 2.41. The summed E-state index contributed by atoms with van der Waals surface area (Å²) >= 11 is 0. The van der Waals surface area contributed by atoms with Crippen LogP contribution in [0.1, 0.15) is 0 Å². The molecule has 4 heteroatoms. The molecule has 2 aromatic heterocycles. The van der Waals surface area contributed by atoms with Crippen LogP contribution in [0.25, 0.3) is 100 Å². The third kappa shape index (κ3) is 6.29. The van der Waals surface area contributed by atoms with Gasteiger partial charge in [-0.1, -0.05) is 182 Å². The zero-order valence-electron chi connectivity index (χ0n) is 30.4. The molecule has 10 rings (SSSR count). The highest BCUT2D eigenvalue weighted by molar-refractivity contribution is 6.18. The molecule has 262 valence electrons. The lowest BCUT2D eigenvalue weighted by atomic mass is 9.92. The number of benzene rings is 8. The average Bonchev–Trinajstić information content (AvgIpc) is 3.29. The third-order valence-electron chi connectivity index (χ3n) is 10.3. The molecule has 0 saturated heterocycles. The van der Waals surface area contributed by atoms with Crippen LogP contribution in [0.4, 0.5) is 0 Å². The smallest absolute Gasteiger partial charge is 0.164 e. The second kappa shape index (κ2) is 14.3. The van der Waals surface area contributed by atoms with E-state index in [1.165, 1.54) is 0 Å². The zero-order valence-corrected chi connectivity index (χ0v) is 30.4. The van der Waals surface area contributed by atoms with E-state index < -0.39 is 0 Å². The fourth-order valence-electron chi connectivity index (χ4n) is 7.58. The summed E-state index contributed by atoms with van der Waals surface area (Å²) in [6, 6.07) is 71.6. The molecule has 10 aromatic rings. The SMILES string of the molecule is c1ccc(-c2cccc(-c3nc(-c4cccc(-c5ccccc5)c4)nc(-c4cc5nc(-c6ccccc6)cc(-c6ccccc6)c5c5ccccc45)n3)c2)cc1. The number of rotatable bonds is 7. The van der Waals surface area contributed by atoms with Crippen molar-refractivity contribution in [3.63, 3.8) is 0 Å². The minimum absolute atomic E-state index is 0.589. The second-order valence-electron chi connectivity index (χ2n) is 13.9. The number of fused-ring (bicyclic) bond motifs is 3. The minimum Gasteiger partial charge on any atom is -0.248 e. The molecule has 0 aliphatic carbocycles. The predicted octanol–water partition coefficient (Wildman–Crippen LogP) is 13.2. The van der Waals surface area contributed by atoms with Gasteiger partial charge in [-0.2, -0.15) is 0 Å². The van der Waals surface area contributed by atoms with Gasteiger partial charge in [-0.15, -0.1) is 0 Å². The summed E-state index contributed by atoms with van der Waals surface area (Å²) in [4.78, 5) is 21.1. The van der Waals surface area contributed by atoms with Gasteiger partial charge >= 0.3 is 0 Å². The molecule has 0 bridgehead atoms. The third-order valence-corrected chi connectivity index (χ3v) is 10.3. The van der Waals surface area contributed by atoms with Gasteiger partial charge in [-0.25, -0.2) is 19.9 Å². The van der Waals surface area contributed by atoms with E-state index in [1.807, 2.05) is 18.2 Å². The van der Waals surface area contributed by atoms with Crippen LogP contribution >= 0.6 is 0 Å². The molecule has 0 spiro atoms. The van der Waals surface area contributed by atoms with Crippen molar-refractivity contribution < 1.29 is 0 Å². The van der Waals surface area contributed by atoms with Gasteiger partial charge in [0.15, 0.2) is 17.5 Å². The van der Waals surface area contributed by atoms with Gasteiger partial charge in [0.1, 0.15) is 0 Å². The Labute approximate surface area is 325 Å². The van der Waals surface area contributed by atoms with Gasteiger partial charge in [-0.3, -0.25) is 0 Å². The minimum atomic E-state index is 0.589. The lowest BCUT2D eigenvalue weighted by Crippen LogP contribution is -2.01. The summed E-state index contributed by atoms with van der Waals surface area (Å²) in [6.07, 6.45) is 0. The van der Waals surface area contributed by atoms with E-state index in [2.05, 4.69) is 188 Å². The van der Waals surface area contributed by atoms with Gasteiger partial charge in [-0.05, 0) is 68.4 Å². The van der Waals surface area contributed by atoms with Crippen LogP contribution in [0.15, 0.2) is 206 Å². The molecule has 2 heterocycles. The quantitative estimate of drug-likeness (QED) is 0.154. The molecule has 0 radical (unpaired) electrons. The molecular weight excluding hydrogens is 681 g/mol.